The van der Waals surface area contributed by atoms with Crippen LogP contribution in [-0.4, -0.2) is 50.6 Å². The second-order valence-electron chi connectivity index (χ2n) is 5.94. The van der Waals surface area contributed by atoms with Gasteiger partial charge in [0.2, 0.25) is 0 Å². The van der Waals surface area contributed by atoms with Gasteiger partial charge in [-0.1, -0.05) is 0 Å². The zero-order valence-corrected chi connectivity index (χ0v) is 13.4. The van der Waals surface area contributed by atoms with Crippen LogP contribution < -0.4 is 5.32 Å². The van der Waals surface area contributed by atoms with Crippen LogP contribution in [0.2, 0.25) is 0 Å². The lowest BCUT2D eigenvalue weighted by molar-refractivity contribution is 0.187. The number of rotatable bonds is 4. The van der Waals surface area contributed by atoms with Crippen molar-refractivity contribution in [3.8, 4) is 0 Å². The van der Waals surface area contributed by atoms with E-state index < -0.39 is 0 Å². The zero-order valence-electron chi connectivity index (χ0n) is 12.6. The molecule has 3 rings (SSSR count). The van der Waals surface area contributed by atoms with Crippen LogP contribution in [0.25, 0.3) is 0 Å². The van der Waals surface area contributed by atoms with Crippen LogP contribution in [0.3, 0.4) is 0 Å². The Morgan fingerprint density at radius 3 is 3.10 bits per heavy atom. The summed E-state index contributed by atoms with van der Waals surface area (Å²) in [6.07, 6.45) is 8.54. The first-order chi connectivity index (χ1) is 10.2. The Morgan fingerprint density at radius 2 is 2.38 bits per heavy atom. The summed E-state index contributed by atoms with van der Waals surface area (Å²) in [6.45, 7) is 4.56. The highest BCUT2D eigenvalue weighted by Gasteiger charge is 2.29. The minimum atomic E-state index is 0.114. The van der Waals surface area contributed by atoms with Gasteiger partial charge in [-0.2, -0.15) is 11.8 Å². The van der Waals surface area contributed by atoms with Crippen LogP contribution in [0.1, 0.15) is 31.5 Å². The Kier molecular flexibility index (Phi) is 4.73. The highest BCUT2D eigenvalue weighted by Crippen LogP contribution is 2.25. The van der Waals surface area contributed by atoms with Crippen LogP contribution >= 0.6 is 11.8 Å². The zero-order chi connectivity index (χ0) is 14.7. The van der Waals surface area contributed by atoms with Gasteiger partial charge in [0.15, 0.2) is 0 Å². The number of aromatic nitrogens is 2. The fraction of sp³-hybridized carbons (Fsp3) is 0.733. The highest BCUT2D eigenvalue weighted by atomic mass is 32.2. The molecule has 116 valence electrons. The van der Waals surface area contributed by atoms with Crippen molar-refractivity contribution in [3.05, 3.63) is 18.2 Å². The second-order valence-corrected chi connectivity index (χ2v) is 7.35. The molecule has 2 atom stereocenters. The predicted octanol–water partition coefficient (Wildman–Crippen LogP) is 2.26. The molecule has 1 N–H and O–H groups in total. The van der Waals surface area contributed by atoms with Gasteiger partial charge in [0, 0.05) is 37.3 Å². The first-order valence-electron chi connectivity index (χ1n) is 7.88. The summed E-state index contributed by atoms with van der Waals surface area (Å²) in [5.41, 5.74) is 0. The smallest absolute Gasteiger partial charge is 0.317 e. The van der Waals surface area contributed by atoms with Crippen LogP contribution in [0.15, 0.2) is 12.4 Å². The normalized spacial score (nSPS) is 25.5. The third-order valence-corrected chi connectivity index (χ3v) is 5.87. The molecule has 0 spiro atoms. The maximum atomic E-state index is 12.4. The summed E-state index contributed by atoms with van der Waals surface area (Å²) < 4.78 is 2.14. The molecular formula is C15H24N4OS. The molecule has 0 aliphatic carbocycles. The summed E-state index contributed by atoms with van der Waals surface area (Å²) in [7, 11) is 0. The number of amides is 2. The first kappa shape index (κ1) is 14.8. The minimum Gasteiger partial charge on any atom is -0.337 e. The summed E-state index contributed by atoms with van der Waals surface area (Å²) in [4.78, 5) is 18.7. The summed E-state index contributed by atoms with van der Waals surface area (Å²) in [6, 6.07) is 0.414. The number of imidazole rings is 1. The van der Waals surface area contributed by atoms with E-state index in [2.05, 4.69) is 14.9 Å². The summed E-state index contributed by atoms with van der Waals surface area (Å²) in [5, 5.41) is 3.75. The van der Waals surface area contributed by atoms with Crippen molar-refractivity contribution in [1.29, 1.82) is 0 Å². The molecule has 6 heteroatoms. The van der Waals surface area contributed by atoms with Crippen molar-refractivity contribution < 1.29 is 4.79 Å². The number of carbonyl (C=O) groups is 1. The molecule has 0 unspecified atom stereocenters. The van der Waals surface area contributed by atoms with Gasteiger partial charge in [-0.3, -0.25) is 0 Å². The highest BCUT2D eigenvalue weighted by molar-refractivity contribution is 8.00. The van der Waals surface area contributed by atoms with E-state index in [0.717, 1.165) is 38.3 Å². The van der Waals surface area contributed by atoms with E-state index in [1.165, 1.54) is 18.6 Å². The number of nitrogens with zero attached hydrogens (tertiary/aromatic N) is 3. The molecule has 2 aliphatic heterocycles. The summed E-state index contributed by atoms with van der Waals surface area (Å²) in [5.74, 6) is 2.26. The van der Waals surface area contributed by atoms with E-state index in [1.807, 2.05) is 36.0 Å². The summed E-state index contributed by atoms with van der Waals surface area (Å²) >= 11 is 1.99. The lowest BCUT2D eigenvalue weighted by Gasteiger charge is -2.26. The molecule has 0 saturated carbocycles. The Hall–Kier alpha value is -1.17. The molecule has 2 amide bonds. The molecule has 1 aromatic rings. The van der Waals surface area contributed by atoms with E-state index in [4.69, 9.17) is 0 Å². The fourth-order valence-corrected chi connectivity index (χ4v) is 4.43. The topological polar surface area (TPSA) is 50.2 Å². The molecule has 1 aromatic heterocycles. The Morgan fingerprint density at radius 1 is 1.48 bits per heavy atom. The molecule has 0 aromatic carbocycles. The van der Waals surface area contributed by atoms with Crippen LogP contribution in [-0.2, 0) is 6.54 Å². The third kappa shape index (κ3) is 3.54. The van der Waals surface area contributed by atoms with Gasteiger partial charge in [-0.15, -0.1) is 0 Å². The molecule has 21 heavy (non-hydrogen) atoms. The molecule has 3 heterocycles. The molecule has 0 radical (unpaired) electrons. The molecule has 2 fully saturated rings. The number of hydrogen-bond donors (Lipinski definition) is 1. The van der Waals surface area contributed by atoms with Gasteiger partial charge in [0.05, 0.1) is 6.04 Å². The number of thioether (sulfide) groups is 1. The van der Waals surface area contributed by atoms with Gasteiger partial charge in [0.1, 0.15) is 5.82 Å². The standard InChI is InChI=1S/C15H24N4OS/c1-12-16-6-8-18(12)11-13-4-2-7-19(13)15(20)17-10-14-5-3-9-21-14/h6,8,13-14H,2-5,7,9-11H2,1H3,(H,17,20)/t13-,14-/m0/s1. The second kappa shape index (κ2) is 6.73. The fourth-order valence-electron chi connectivity index (χ4n) is 3.22. The number of urea groups is 1. The minimum absolute atomic E-state index is 0.114. The number of aryl methyl sites for hydroxylation is 1. The quantitative estimate of drug-likeness (QED) is 0.928. The Balaban J connectivity index is 1.53. The lowest BCUT2D eigenvalue weighted by Crippen LogP contribution is -2.45. The van der Waals surface area contributed by atoms with Gasteiger partial charge >= 0.3 is 6.03 Å². The SMILES string of the molecule is Cc1nccn1C[C@@H]1CCCN1C(=O)NC[C@@H]1CCCS1. The maximum Gasteiger partial charge on any atom is 0.317 e. The largest absolute Gasteiger partial charge is 0.337 e. The van der Waals surface area contributed by atoms with E-state index in [9.17, 15) is 4.79 Å². The van der Waals surface area contributed by atoms with Crippen molar-refractivity contribution in [1.82, 2.24) is 19.8 Å². The monoisotopic (exact) mass is 308 g/mol. The predicted molar refractivity (Wildman–Crippen MR) is 85.6 cm³/mol. The van der Waals surface area contributed by atoms with Gasteiger partial charge in [0.25, 0.3) is 0 Å². The van der Waals surface area contributed by atoms with E-state index in [-0.39, 0.29) is 6.03 Å². The Labute approximate surface area is 130 Å². The van der Waals surface area contributed by atoms with Crippen LogP contribution in [0.4, 0.5) is 4.79 Å². The van der Waals surface area contributed by atoms with E-state index >= 15 is 0 Å². The van der Waals surface area contributed by atoms with Gasteiger partial charge < -0.3 is 14.8 Å². The number of nitrogens with one attached hydrogen (secondary N) is 1. The average molecular weight is 308 g/mol. The molecule has 2 aliphatic rings. The van der Waals surface area contributed by atoms with Gasteiger partial charge in [-0.25, -0.2) is 9.78 Å². The number of hydrogen-bond acceptors (Lipinski definition) is 3. The van der Waals surface area contributed by atoms with Crippen molar-refractivity contribution in [3.63, 3.8) is 0 Å². The van der Waals surface area contributed by atoms with Crippen molar-refractivity contribution in [2.24, 2.45) is 0 Å². The van der Waals surface area contributed by atoms with Gasteiger partial charge in [-0.05, 0) is 38.4 Å². The van der Waals surface area contributed by atoms with E-state index in [0.29, 0.717) is 11.3 Å². The maximum absolute atomic E-state index is 12.4. The van der Waals surface area contributed by atoms with E-state index in [1.54, 1.807) is 0 Å². The number of carbonyl (C=O) groups excluding carboxylic acids is 1. The molecule has 0 bridgehead atoms. The third-order valence-electron chi connectivity index (χ3n) is 4.47. The molecular weight excluding hydrogens is 284 g/mol. The van der Waals surface area contributed by atoms with Crippen molar-refractivity contribution in [2.75, 3.05) is 18.8 Å². The van der Waals surface area contributed by atoms with Crippen LogP contribution in [0.5, 0.6) is 0 Å². The van der Waals surface area contributed by atoms with Crippen molar-refractivity contribution in [2.45, 2.75) is 50.4 Å². The average Bonchev–Trinajstić information content (AvgIpc) is 3.20. The number of likely N-dealkylation sites (tertiary alicyclic amines) is 1. The van der Waals surface area contributed by atoms with Crippen LogP contribution in [0, 0.1) is 6.92 Å². The lowest BCUT2D eigenvalue weighted by atomic mass is 10.2. The molecule has 2 saturated heterocycles. The van der Waals surface area contributed by atoms with Crippen molar-refractivity contribution >= 4 is 17.8 Å². The molecule has 5 nitrogen and oxygen atoms in total. The first-order valence-corrected chi connectivity index (χ1v) is 8.93. The Bertz CT molecular complexity index is 484.